The van der Waals surface area contributed by atoms with Gasteiger partial charge in [-0.15, -0.1) is 0 Å². The van der Waals surface area contributed by atoms with Crippen LogP contribution in [0, 0.1) is 5.41 Å². The summed E-state index contributed by atoms with van der Waals surface area (Å²) in [6.07, 6.45) is -1.19. The van der Waals surface area contributed by atoms with Gasteiger partial charge < -0.3 is 19.7 Å². The molecule has 0 aromatic rings. The van der Waals surface area contributed by atoms with Crippen molar-refractivity contribution in [3.05, 3.63) is 0 Å². The van der Waals surface area contributed by atoms with E-state index in [2.05, 4.69) is 31.9 Å². The van der Waals surface area contributed by atoms with Gasteiger partial charge in [0.15, 0.2) is 6.29 Å². The van der Waals surface area contributed by atoms with Crippen molar-refractivity contribution in [2.45, 2.75) is 49.6 Å². The molecule has 0 aliphatic heterocycles. The van der Waals surface area contributed by atoms with Crippen molar-refractivity contribution in [2.24, 2.45) is 5.41 Å². The van der Waals surface area contributed by atoms with Crippen molar-refractivity contribution in [1.29, 1.82) is 0 Å². The molecule has 0 aromatic heterocycles. The normalized spacial score (nSPS) is 17.0. The van der Waals surface area contributed by atoms with Crippen LogP contribution in [-0.4, -0.2) is 50.3 Å². The second-order valence-electron chi connectivity index (χ2n) is 6.14. The van der Waals surface area contributed by atoms with Gasteiger partial charge in [-0.3, -0.25) is 9.59 Å². The number of aliphatic carboxylic acids is 1. The molecule has 0 bridgehead atoms. The number of carboxylic acids is 1. The van der Waals surface area contributed by atoms with Gasteiger partial charge in [0.25, 0.3) is 0 Å². The van der Waals surface area contributed by atoms with Crippen LogP contribution < -0.4 is 0 Å². The van der Waals surface area contributed by atoms with E-state index in [1.54, 1.807) is 27.7 Å². The number of carbonyl (C=O) groups excluding carboxylic acids is 1. The van der Waals surface area contributed by atoms with Gasteiger partial charge in [-0.25, -0.2) is 0 Å². The first-order valence-electron chi connectivity index (χ1n) is 6.28. The molecule has 0 spiro atoms. The van der Waals surface area contributed by atoms with Crippen LogP contribution in [0.3, 0.4) is 0 Å². The highest BCUT2D eigenvalue weighted by atomic mass is 79.9. The number of alkyl halides is 2. The molecular formula is C13H22Br2O6. The largest absolute Gasteiger partial charge is 0.481 e. The summed E-state index contributed by atoms with van der Waals surface area (Å²) in [5.41, 5.74) is -1.45. The van der Waals surface area contributed by atoms with Crippen molar-refractivity contribution in [3.8, 4) is 0 Å². The first-order valence-corrected chi connectivity index (χ1v) is 7.87. The first-order chi connectivity index (χ1) is 9.20. The van der Waals surface area contributed by atoms with Gasteiger partial charge in [-0.1, -0.05) is 31.9 Å². The predicted molar refractivity (Wildman–Crippen MR) is 84.7 cm³/mol. The number of halogens is 2. The fourth-order valence-corrected chi connectivity index (χ4v) is 1.27. The summed E-state index contributed by atoms with van der Waals surface area (Å²) >= 11 is 6.36. The molecule has 0 rings (SSSR count). The minimum absolute atomic E-state index is 0.297. The van der Waals surface area contributed by atoms with Crippen molar-refractivity contribution < 1.29 is 29.3 Å². The third kappa shape index (κ3) is 7.08. The molecule has 0 saturated heterocycles. The molecule has 0 radical (unpaired) electrons. The van der Waals surface area contributed by atoms with Crippen LogP contribution in [0.25, 0.3) is 0 Å². The molecule has 0 aromatic carbocycles. The van der Waals surface area contributed by atoms with E-state index in [4.69, 9.17) is 9.47 Å². The third-order valence-corrected chi connectivity index (χ3v) is 3.39. The number of hydrogen-bond donors (Lipinski definition) is 2. The molecule has 0 amide bonds. The first kappa shape index (κ1) is 20.8. The average Bonchev–Trinajstić information content (AvgIpc) is 2.30. The monoisotopic (exact) mass is 432 g/mol. The average molecular weight is 434 g/mol. The molecular weight excluding hydrogens is 412 g/mol. The zero-order valence-corrected chi connectivity index (χ0v) is 15.9. The fourth-order valence-electron chi connectivity index (χ4n) is 1.02. The van der Waals surface area contributed by atoms with Gasteiger partial charge in [-0.2, -0.15) is 0 Å². The molecule has 0 aliphatic rings. The number of carboxylic acid groups (broad SMARTS) is 1. The summed E-state index contributed by atoms with van der Waals surface area (Å²) in [5.74, 6) is -1.75. The Morgan fingerprint density at radius 3 is 1.90 bits per heavy atom. The maximum Gasteiger partial charge on any atom is 0.322 e. The number of aliphatic hydroxyl groups is 1. The number of ether oxygens (including phenoxy) is 2. The van der Waals surface area contributed by atoms with Crippen molar-refractivity contribution in [1.82, 2.24) is 0 Å². The summed E-state index contributed by atoms with van der Waals surface area (Å²) in [5, 5.41) is 19.0. The van der Waals surface area contributed by atoms with Gasteiger partial charge in [0.2, 0.25) is 0 Å². The highest BCUT2D eigenvalue weighted by Gasteiger charge is 2.39. The van der Waals surface area contributed by atoms with Crippen LogP contribution in [0.5, 0.6) is 0 Å². The summed E-state index contributed by atoms with van der Waals surface area (Å²) in [6.45, 7) is 7.30. The summed E-state index contributed by atoms with van der Waals surface area (Å²) in [7, 11) is 0. The molecule has 0 saturated carbocycles. The minimum Gasteiger partial charge on any atom is -0.481 e. The van der Waals surface area contributed by atoms with Crippen molar-refractivity contribution >= 4 is 43.8 Å². The SMILES string of the molecule is CC(C)(Br)C(=O)OCC(C)(COC(O)C(C)(C)Br)C(=O)O. The van der Waals surface area contributed by atoms with Gasteiger partial charge >= 0.3 is 11.9 Å². The highest BCUT2D eigenvalue weighted by molar-refractivity contribution is 9.10. The molecule has 21 heavy (non-hydrogen) atoms. The molecule has 2 unspecified atom stereocenters. The maximum absolute atomic E-state index is 11.7. The van der Waals surface area contributed by atoms with Crippen LogP contribution >= 0.6 is 31.9 Å². The second kappa shape index (κ2) is 7.39. The highest BCUT2D eigenvalue weighted by Crippen LogP contribution is 2.26. The molecule has 6 nitrogen and oxygen atoms in total. The second-order valence-corrected chi connectivity index (χ2v) is 10.2. The third-order valence-electron chi connectivity index (χ3n) is 2.67. The van der Waals surface area contributed by atoms with Crippen LogP contribution in [-0.2, 0) is 19.1 Å². The standard InChI is InChI=1S/C13H22Br2O6/c1-11(2,14)9(18)20-6-13(5,8(16)17)7-21-10(19)12(3,4)15/h9,18H,6-7H2,1-5H3,(H,16,17). The molecule has 8 heteroatoms. The zero-order chi connectivity index (χ0) is 17.1. The fraction of sp³-hybridized carbons (Fsp3) is 0.846. The van der Waals surface area contributed by atoms with Crippen LogP contribution in [0.15, 0.2) is 0 Å². The molecule has 0 aliphatic carbocycles. The summed E-state index contributed by atoms with van der Waals surface area (Å²) < 4.78 is 8.57. The Morgan fingerprint density at radius 2 is 1.57 bits per heavy atom. The van der Waals surface area contributed by atoms with E-state index in [-0.39, 0.29) is 13.2 Å². The molecule has 0 heterocycles. The Morgan fingerprint density at radius 1 is 1.10 bits per heavy atom. The van der Waals surface area contributed by atoms with E-state index in [0.29, 0.717) is 0 Å². The Kier molecular flexibility index (Phi) is 7.33. The van der Waals surface area contributed by atoms with Crippen LogP contribution in [0.4, 0.5) is 0 Å². The lowest BCUT2D eigenvalue weighted by molar-refractivity contribution is -0.176. The number of aliphatic hydroxyl groups excluding tert-OH is 1. The lowest BCUT2D eigenvalue weighted by Gasteiger charge is -2.30. The summed E-state index contributed by atoms with van der Waals surface area (Å²) in [4.78, 5) is 23.0. The Hall–Kier alpha value is -0.180. The predicted octanol–water partition coefficient (Wildman–Crippen LogP) is 2.30. The molecule has 0 fully saturated rings. The van der Waals surface area contributed by atoms with E-state index in [0.717, 1.165) is 0 Å². The summed E-state index contributed by atoms with van der Waals surface area (Å²) in [6, 6.07) is 0. The number of esters is 1. The maximum atomic E-state index is 11.7. The Balaban J connectivity index is 4.73. The van der Waals surface area contributed by atoms with E-state index in [1.807, 2.05) is 0 Å². The topological polar surface area (TPSA) is 93.1 Å². The van der Waals surface area contributed by atoms with Gasteiger partial charge in [0.1, 0.15) is 16.3 Å². The van der Waals surface area contributed by atoms with Gasteiger partial charge in [-0.05, 0) is 34.6 Å². The van der Waals surface area contributed by atoms with E-state index < -0.39 is 32.3 Å². The quantitative estimate of drug-likeness (QED) is 0.346. The number of carbonyl (C=O) groups is 2. The van der Waals surface area contributed by atoms with Gasteiger partial charge in [0, 0.05) is 0 Å². The Labute approximate surface area is 141 Å². The Bertz CT molecular complexity index is 385. The van der Waals surface area contributed by atoms with Crippen molar-refractivity contribution in [2.75, 3.05) is 13.2 Å². The van der Waals surface area contributed by atoms with E-state index in [9.17, 15) is 19.8 Å². The lowest BCUT2D eigenvalue weighted by atomic mass is 9.93. The minimum atomic E-state index is -1.45. The molecule has 2 N–H and O–H groups in total. The smallest absolute Gasteiger partial charge is 0.322 e. The molecule has 2 atom stereocenters. The van der Waals surface area contributed by atoms with Crippen molar-refractivity contribution in [3.63, 3.8) is 0 Å². The lowest BCUT2D eigenvalue weighted by Crippen LogP contribution is -2.43. The van der Waals surface area contributed by atoms with Crippen LogP contribution in [0.2, 0.25) is 0 Å². The zero-order valence-electron chi connectivity index (χ0n) is 12.8. The van der Waals surface area contributed by atoms with E-state index >= 15 is 0 Å². The molecule has 124 valence electrons. The van der Waals surface area contributed by atoms with E-state index in [1.165, 1.54) is 6.92 Å². The number of rotatable bonds is 8. The van der Waals surface area contributed by atoms with Crippen LogP contribution in [0.1, 0.15) is 34.6 Å². The van der Waals surface area contributed by atoms with Gasteiger partial charge in [0.05, 0.1) is 10.9 Å². The number of hydrogen-bond acceptors (Lipinski definition) is 5.